The standard InChI is InChI=1S/C11H15FN2O2S/c12-10-2-4-11(5-3-10)14-8-7-13-6-1-9-17(14,15)16/h2-5,13H,1,6-9H2. The molecule has 0 saturated carbocycles. The molecule has 6 heteroatoms. The molecule has 17 heavy (non-hydrogen) atoms. The Bertz CT molecular complexity index is 473. The van der Waals surface area contributed by atoms with E-state index in [1.165, 1.54) is 28.6 Å². The number of rotatable bonds is 1. The molecule has 4 nitrogen and oxygen atoms in total. The Balaban J connectivity index is 2.29. The van der Waals surface area contributed by atoms with Crippen molar-refractivity contribution in [2.75, 3.05) is 29.7 Å². The summed E-state index contributed by atoms with van der Waals surface area (Å²) in [6.45, 7) is 1.71. The van der Waals surface area contributed by atoms with Crippen LogP contribution in [0, 0.1) is 5.82 Å². The zero-order valence-electron chi connectivity index (χ0n) is 9.39. The van der Waals surface area contributed by atoms with Gasteiger partial charge in [-0.3, -0.25) is 4.31 Å². The fourth-order valence-corrected chi connectivity index (χ4v) is 3.37. The predicted octanol–water partition coefficient (Wildman–Crippen LogP) is 0.955. The molecule has 0 aromatic heterocycles. The molecule has 1 aliphatic heterocycles. The number of nitrogens with zero attached hydrogens (tertiary/aromatic N) is 1. The highest BCUT2D eigenvalue weighted by Gasteiger charge is 2.23. The molecular weight excluding hydrogens is 243 g/mol. The van der Waals surface area contributed by atoms with Crippen molar-refractivity contribution in [2.45, 2.75) is 6.42 Å². The highest BCUT2D eigenvalue weighted by molar-refractivity contribution is 7.92. The summed E-state index contributed by atoms with van der Waals surface area (Å²) in [5.41, 5.74) is 0.523. The average Bonchev–Trinajstić information content (AvgIpc) is 2.27. The summed E-state index contributed by atoms with van der Waals surface area (Å²) in [6.07, 6.45) is 0.597. The Kier molecular flexibility index (Phi) is 3.63. The van der Waals surface area contributed by atoms with Gasteiger partial charge in [0.05, 0.1) is 11.4 Å². The Hall–Kier alpha value is -1.14. The van der Waals surface area contributed by atoms with Gasteiger partial charge in [0.1, 0.15) is 5.82 Å². The van der Waals surface area contributed by atoms with Gasteiger partial charge < -0.3 is 5.32 Å². The molecule has 2 rings (SSSR count). The first-order valence-corrected chi connectivity index (χ1v) is 7.17. The van der Waals surface area contributed by atoms with Gasteiger partial charge in [0.2, 0.25) is 10.0 Å². The molecule has 1 fully saturated rings. The third kappa shape index (κ3) is 2.95. The summed E-state index contributed by atoms with van der Waals surface area (Å²) in [5, 5.41) is 3.16. The number of anilines is 1. The first-order valence-electron chi connectivity index (χ1n) is 5.56. The second kappa shape index (κ2) is 5.01. The molecular formula is C11H15FN2O2S. The van der Waals surface area contributed by atoms with Crippen molar-refractivity contribution in [3.8, 4) is 0 Å². The van der Waals surface area contributed by atoms with Crippen molar-refractivity contribution in [3.05, 3.63) is 30.1 Å². The van der Waals surface area contributed by atoms with Crippen LogP contribution in [0.5, 0.6) is 0 Å². The highest BCUT2D eigenvalue weighted by Crippen LogP contribution is 2.19. The van der Waals surface area contributed by atoms with Gasteiger partial charge in [-0.15, -0.1) is 0 Å². The lowest BCUT2D eigenvalue weighted by molar-refractivity contribution is 0.571. The summed E-state index contributed by atoms with van der Waals surface area (Å²) in [5.74, 6) is -0.242. The van der Waals surface area contributed by atoms with Gasteiger partial charge in [0.25, 0.3) is 0 Å². The van der Waals surface area contributed by atoms with Crippen LogP contribution in [0.2, 0.25) is 0 Å². The van der Waals surface area contributed by atoms with Crippen LogP contribution in [-0.2, 0) is 10.0 Å². The number of halogens is 1. The number of hydrogen-bond donors (Lipinski definition) is 1. The van der Waals surface area contributed by atoms with Crippen molar-refractivity contribution in [1.82, 2.24) is 5.32 Å². The van der Waals surface area contributed by atoms with E-state index in [4.69, 9.17) is 0 Å². The largest absolute Gasteiger partial charge is 0.315 e. The molecule has 1 aromatic carbocycles. The second-order valence-corrected chi connectivity index (χ2v) is 5.98. The van der Waals surface area contributed by atoms with Crippen LogP contribution < -0.4 is 9.62 Å². The van der Waals surface area contributed by atoms with Crippen LogP contribution in [0.3, 0.4) is 0 Å². The molecule has 1 aromatic rings. The Morgan fingerprint density at radius 3 is 2.59 bits per heavy atom. The number of nitrogens with one attached hydrogen (secondary N) is 1. The van der Waals surface area contributed by atoms with Crippen molar-refractivity contribution in [1.29, 1.82) is 0 Å². The van der Waals surface area contributed by atoms with Crippen molar-refractivity contribution in [3.63, 3.8) is 0 Å². The van der Waals surface area contributed by atoms with Crippen LogP contribution in [0.4, 0.5) is 10.1 Å². The van der Waals surface area contributed by atoms with E-state index >= 15 is 0 Å². The fourth-order valence-electron chi connectivity index (χ4n) is 1.83. The maximum Gasteiger partial charge on any atom is 0.235 e. The van der Waals surface area contributed by atoms with Crippen LogP contribution in [0.1, 0.15) is 6.42 Å². The summed E-state index contributed by atoms with van der Waals surface area (Å²) in [6, 6.07) is 5.54. The maximum atomic E-state index is 12.8. The third-order valence-corrected chi connectivity index (χ3v) is 4.57. The summed E-state index contributed by atoms with van der Waals surface area (Å²) >= 11 is 0. The van der Waals surface area contributed by atoms with E-state index in [2.05, 4.69) is 5.32 Å². The summed E-state index contributed by atoms with van der Waals surface area (Å²) in [7, 11) is -3.28. The van der Waals surface area contributed by atoms with Crippen molar-refractivity contribution < 1.29 is 12.8 Å². The zero-order valence-corrected chi connectivity index (χ0v) is 10.2. The minimum Gasteiger partial charge on any atom is -0.315 e. The van der Waals surface area contributed by atoms with E-state index < -0.39 is 10.0 Å². The maximum absolute atomic E-state index is 12.8. The number of benzene rings is 1. The first-order chi connectivity index (χ1) is 8.09. The van der Waals surface area contributed by atoms with Gasteiger partial charge in [-0.05, 0) is 37.2 Å². The zero-order chi connectivity index (χ0) is 12.3. The van der Waals surface area contributed by atoms with E-state index in [-0.39, 0.29) is 11.6 Å². The molecule has 1 saturated heterocycles. The number of sulfonamides is 1. The van der Waals surface area contributed by atoms with Gasteiger partial charge >= 0.3 is 0 Å². The lowest BCUT2D eigenvalue weighted by atomic mass is 10.3. The van der Waals surface area contributed by atoms with Gasteiger partial charge in [-0.1, -0.05) is 0 Å². The average molecular weight is 258 g/mol. The molecule has 94 valence electrons. The summed E-state index contributed by atoms with van der Waals surface area (Å²) in [4.78, 5) is 0. The quantitative estimate of drug-likeness (QED) is 0.816. The minimum absolute atomic E-state index is 0.122. The molecule has 1 heterocycles. The molecule has 0 radical (unpaired) electrons. The normalized spacial score (nSPS) is 20.6. The lowest BCUT2D eigenvalue weighted by Gasteiger charge is -2.26. The van der Waals surface area contributed by atoms with E-state index in [0.29, 0.717) is 25.2 Å². The van der Waals surface area contributed by atoms with Crippen LogP contribution in [0.25, 0.3) is 0 Å². The van der Waals surface area contributed by atoms with E-state index in [0.717, 1.165) is 6.54 Å². The number of hydrogen-bond acceptors (Lipinski definition) is 3. The smallest absolute Gasteiger partial charge is 0.235 e. The SMILES string of the molecule is O=S1(=O)CCCNCCN1c1ccc(F)cc1. The van der Waals surface area contributed by atoms with E-state index in [1.807, 2.05) is 0 Å². The molecule has 0 bridgehead atoms. The predicted molar refractivity (Wildman–Crippen MR) is 65.0 cm³/mol. The van der Waals surface area contributed by atoms with Gasteiger partial charge in [0, 0.05) is 13.1 Å². The molecule has 1 N–H and O–H groups in total. The first kappa shape index (κ1) is 12.3. The van der Waals surface area contributed by atoms with E-state index in [9.17, 15) is 12.8 Å². The van der Waals surface area contributed by atoms with Crippen molar-refractivity contribution in [2.24, 2.45) is 0 Å². The van der Waals surface area contributed by atoms with Crippen LogP contribution in [0.15, 0.2) is 24.3 Å². The summed E-state index contributed by atoms with van der Waals surface area (Å²) < 4.78 is 38.2. The van der Waals surface area contributed by atoms with E-state index in [1.54, 1.807) is 0 Å². The molecule has 0 atom stereocenters. The van der Waals surface area contributed by atoms with Crippen LogP contribution >= 0.6 is 0 Å². The van der Waals surface area contributed by atoms with Crippen LogP contribution in [-0.4, -0.2) is 33.8 Å². The van der Waals surface area contributed by atoms with Gasteiger partial charge in [-0.2, -0.15) is 0 Å². The Morgan fingerprint density at radius 2 is 1.88 bits per heavy atom. The third-order valence-electron chi connectivity index (χ3n) is 2.70. The molecule has 0 aliphatic carbocycles. The monoisotopic (exact) mass is 258 g/mol. The fraction of sp³-hybridized carbons (Fsp3) is 0.455. The highest BCUT2D eigenvalue weighted by atomic mass is 32.2. The second-order valence-electron chi connectivity index (χ2n) is 3.97. The van der Waals surface area contributed by atoms with Gasteiger partial charge in [-0.25, -0.2) is 12.8 Å². The lowest BCUT2D eigenvalue weighted by Crippen LogP contribution is -2.41. The molecule has 0 amide bonds. The topological polar surface area (TPSA) is 49.4 Å². The molecule has 0 spiro atoms. The minimum atomic E-state index is -3.28. The van der Waals surface area contributed by atoms with Crippen molar-refractivity contribution >= 4 is 15.7 Å². The Labute approximate surface area is 100 Å². The Morgan fingerprint density at radius 1 is 1.18 bits per heavy atom. The van der Waals surface area contributed by atoms with Gasteiger partial charge in [0.15, 0.2) is 0 Å². The molecule has 1 aliphatic rings. The molecule has 0 unspecified atom stereocenters.